The summed E-state index contributed by atoms with van der Waals surface area (Å²) < 4.78 is 7.25. The number of hydrogen-bond acceptors (Lipinski definition) is 5. The Kier molecular flexibility index (Phi) is 7.44. The number of guanidine groups is 1. The summed E-state index contributed by atoms with van der Waals surface area (Å²) in [6, 6.07) is 18.8. The van der Waals surface area contributed by atoms with Gasteiger partial charge in [0.05, 0.1) is 7.11 Å². The first-order valence-corrected chi connectivity index (χ1v) is 11.4. The average molecular weight is 448 g/mol. The topological polar surface area (TPSA) is 70.8 Å². The molecule has 1 N–H and O–H groups in total. The third-order valence-corrected chi connectivity index (χ3v) is 6.11. The van der Waals surface area contributed by atoms with E-state index in [1.807, 2.05) is 30.7 Å². The number of piperazine rings is 1. The number of aliphatic imine (C=N–C) groups is 1. The number of nitrogens with one attached hydrogen (secondary N) is 1. The van der Waals surface area contributed by atoms with Gasteiger partial charge in [-0.15, -0.1) is 10.2 Å². The van der Waals surface area contributed by atoms with Crippen molar-refractivity contribution in [3.8, 4) is 5.75 Å². The number of aromatic nitrogens is 3. The smallest absolute Gasteiger partial charge is 0.194 e. The van der Waals surface area contributed by atoms with Crippen LogP contribution in [0.1, 0.15) is 17.2 Å². The molecule has 1 saturated heterocycles. The van der Waals surface area contributed by atoms with Crippen molar-refractivity contribution in [1.29, 1.82) is 0 Å². The van der Waals surface area contributed by atoms with Gasteiger partial charge in [-0.1, -0.05) is 30.3 Å². The van der Waals surface area contributed by atoms with Crippen LogP contribution in [0.3, 0.4) is 0 Å². The Hall–Kier alpha value is -3.55. The summed E-state index contributed by atoms with van der Waals surface area (Å²) in [6.07, 6.45) is 0.913. The summed E-state index contributed by atoms with van der Waals surface area (Å²) in [5.74, 6) is 3.57. The fraction of sp³-hybridized carbons (Fsp3) is 0.400. The molecule has 8 nitrogen and oxygen atoms in total. The minimum absolute atomic E-state index is 0.501. The number of methoxy groups -OCH3 is 1. The number of aryl methyl sites for hydroxylation is 1. The Morgan fingerprint density at radius 2 is 1.73 bits per heavy atom. The van der Waals surface area contributed by atoms with Crippen molar-refractivity contribution in [1.82, 2.24) is 25.0 Å². The molecule has 0 radical (unpaired) electrons. The lowest BCUT2D eigenvalue weighted by Gasteiger charge is -2.37. The van der Waals surface area contributed by atoms with Gasteiger partial charge in [-0.3, -0.25) is 0 Å². The van der Waals surface area contributed by atoms with Crippen LogP contribution in [-0.4, -0.2) is 65.5 Å². The molecule has 1 aromatic heterocycles. The maximum absolute atomic E-state index is 5.26. The molecule has 0 amide bonds. The van der Waals surface area contributed by atoms with E-state index in [2.05, 4.69) is 67.8 Å². The van der Waals surface area contributed by atoms with Gasteiger partial charge in [-0.2, -0.15) is 0 Å². The minimum atomic E-state index is 0.501. The van der Waals surface area contributed by atoms with E-state index in [9.17, 15) is 0 Å². The van der Waals surface area contributed by atoms with E-state index in [1.165, 1.54) is 11.3 Å². The number of para-hydroxylation sites is 1. The van der Waals surface area contributed by atoms with Crippen LogP contribution in [0.2, 0.25) is 0 Å². The Labute approximate surface area is 195 Å². The molecule has 4 rings (SSSR count). The van der Waals surface area contributed by atoms with Crippen molar-refractivity contribution < 1.29 is 4.74 Å². The molecular weight excluding hydrogens is 414 g/mol. The van der Waals surface area contributed by atoms with Gasteiger partial charge in [-0.25, -0.2) is 4.99 Å². The molecule has 0 aliphatic carbocycles. The van der Waals surface area contributed by atoms with E-state index in [0.717, 1.165) is 62.5 Å². The van der Waals surface area contributed by atoms with Crippen molar-refractivity contribution >= 4 is 11.6 Å². The first-order valence-electron chi connectivity index (χ1n) is 11.4. The van der Waals surface area contributed by atoms with Crippen LogP contribution in [0.15, 0.2) is 59.6 Å². The predicted octanol–water partition coefficient (Wildman–Crippen LogP) is 2.64. The molecule has 1 aliphatic heterocycles. The molecule has 0 bridgehead atoms. The van der Waals surface area contributed by atoms with Crippen molar-refractivity contribution in [2.75, 3.05) is 44.7 Å². The molecule has 0 spiro atoms. The molecule has 0 unspecified atom stereocenters. The summed E-state index contributed by atoms with van der Waals surface area (Å²) >= 11 is 0. The van der Waals surface area contributed by atoms with Crippen molar-refractivity contribution in [2.45, 2.75) is 19.9 Å². The number of ether oxygens (including phenoxy) is 1. The van der Waals surface area contributed by atoms with Gasteiger partial charge in [0.15, 0.2) is 11.8 Å². The largest absolute Gasteiger partial charge is 0.497 e. The maximum atomic E-state index is 5.26. The lowest BCUT2D eigenvalue weighted by molar-refractivity contribution is 0.371. The molecule has 8 heteroatoms. The Morgan fingerprint density at radius 3 is 2.36 bits per heavy atom. The molecule has 0 atom stereocenters. The van der Waals surface area contributed by atoms with Gasteiger partial charge in [0.25, 0.3) is 0 Å². The summed E-state index contributed by atoms with van der Waals surface area (Å²) in [4.78, 5) is 9.69. The van der Waals surface area contributed by atoms with Gasteiger partial charge < -0.3 is 24.4 Å². The lowest BCUT2D eigenvalue weighted by Crippen LogP contribution is -2.52. The lowest BCUT2D eigenvalue weighted by atomic mass is 10.1. The monoisotopic (exact) mass is 447 g/mol. The molecule has 33 heavy (non-hydrogen) atoms. The minimum Gasteiger partial charge on any atom is -0.497 e. The molecule has 174 valence electrons. The Bertz CT molecular complexity index is 1040. The summed E-state index contributed by atoms with van der Waals surface area (Å²) in [5.41, 5.74) is 2.54. The highest BCUT2D eigenvalue weighted by molar-refractivity contribution is 5.80. The normalized spacial score (nSPS) is 14.5. The zero-order chi connectivity index (χ0) is 23.0. The van der Waals surface area contributed by atoms with Crippen molar-refractivity contribution in [2.24, 2.45) is 12.0 Å². The standard InChI is InChI=1S/C25H33N7O/c1-20-28-29-24(30(20)2)19-27-25(26-14-13-21-9-11-23(33-3)12-10-21)32-17-15-31(16-18-32)22-7-5-4-6-8-22/h4-12H,13-19H2,1-3H3,(H,26,27). The Balaban J connectivity index is 1.40. The van der Waals surface area contributed by atoms with E-state index in [1.54, 1.807) is 7.11 Å². The van der Waals surface area contributed by atoms with Crippen LogP contribution in [0.4, 0.5) is 5.69 Å². The highest BCUT2D eigenvalue weighted by Crippen LogP contribution is 2.16. The number of benzene rings is 2. The predicted molar refractivity (Wildman–Crippen MR) is 132 cm³/mol. The van der Waals surface area contributed by atoms with E-state index in [4.69, 9.17) is 9.73 Å². The molecule has 1 aliphatic rings. The number of anilines is 1. The first-order chi connectivity index (χ1) is 16.1. The molecular formula is C25H33N7O. The highest BCUT2D eigenvalue weighted by atomic mass is 16.5. The van der Waals surface area contributed by atoms with Gasteiger partial charge in [0, 0.05) is 45.5 Å². The fourth-order valence-corrected chi connectivity index (χ4v) is 3.93. The van der Waals surface area contributed by atoms with Gasteiger partial charge in [0.2, 0.25) is 0 Å². The van der Waals surface area contributed by atoms with Gasteiger partial charge in [0.1, 0.15) is 18.1 Å². The van der Waals surface area contributed by atoms with Crippen molar-refractivity contribution in [3.05, 3.63) is 71.8 Å². The number of hydrogen-bond donors (Lipinski definition) is 1. The van der Waals surface area contributed by atoms with Crippen LogP contribution >= 0.6 is 0 Å². The molecule has 3 aromatic rings. The zero-order valence-electron chi connectivity index (χ0n) is 19.7. The average Bonchev–Trinajstić information content (AvgIpc) is 3.19. The molecule has 2 aromatic carbocycles. The van der Waals surface area contributed by atoms with Crippen molar-refractivity contribution in [3.63, 3.8) is 0 Å². The highest BCUT2D eigenvalue weighted by Gasteiger charge is 2.20. The molecule has 2 heterocycles. The number of rotatable bonds is 7. The van der Waals surface area contributed by atoms with E-state index >= 15 is 0 Å². The second-order valence-electron chi connectivity index (χ2n) is 8.20. The fourth-order valence-electron chi connectivity index (χ4n) is 3.93. The van der Waals surface area contributed by atoms with Crippen LogP contribution in [0.25, 0.3) is 0 Å². The quantitative estimate of drug-likeness (QED) is 0.444. The van der Waals surface area contributed by atoms with Crippen LogP contribution < -0.4 is 15.0 Å². The first kappa shape index (κ1) is 22.6. The van der Waals surface area contributed by atoms with Gasteiger partial charge in [-0.05, 0) is 43.2 Å². The summed E-state index contributed by atoms with van der Waals surface area (Å²) in [5, 5.41) is 12.0. The third kappa shape index (κ3) is 5.83. The summed E-state index contributed by atoms with van der Waals surface area (Å²) in [7, 11) is 3.67. The Morgan fingerprint density at radius 1 is 1.00 bits per heavy atom. The molecule has 0 saturated carbocycles. The van der Waals surface area contributed by atoms with E-state index in [-0.39, 0.29) is 0 Å². The van der Waals surface area contributed by atoms with Crippen LogP contribution in [0, 0.1) is 6.92 Å². The SMILES string of the molecule is COc1ccc(CCNC(=NCc2nnc(C)n2C)N2CCN(c3ccccc3)CC2)cc1. The number of nitrogens with zero attached hydrogens (tertiary/aromatic N) is 6. The summed E-state index contributed by atoms with van der Waals surface area (Å²) in [6.45, 7) is 7.03. The second kappa shape index (κ2) is 10.8. The maximum Gasteiger partial charge on any atom is 0.194 e. The van der Waals surface area contributed by atoms with Gasteiger partial charge >= 0.3 is 0 Å². The van der Waals surface area contributed by atoms with E-state index < -0.39 is 0 Å². The van der Waals surface area contributed by atoms with Crippen LogP contribution in [-0.2, 0) is 20.0 Å². The molecule has 1 fully saturated rings. The zero-order valence-corrected chi connectivity index (χ0v) is 19.7. The van der Waals surface area contributed by atoms with Crippen LogP contribution in [0.5, 0.6) is 5.75 Å². The van der Waals surface area contributed by atoms with E-state index in [0.29, 0.717) is 6.54 Å². The third-order valence-electron chi connectivity index (χ3n) is 6.11. The second-order valence-corrected chi connectivity index (χ2v) is 8.20.